The van der Waals surface area contributed by atoms with Crippen LogP contribution >= 0.6 is 0 Å². The fourth-order valence-electron chi connectivity index (χ4n) is 2.83. The SMILES string of the molecule is O=C(N/N=C(\c1ccccc1)c1ccncc1)c1c[nH]c2ccccc12. The van der Waals surface area contributed by atoms with Gasteiger partial charge in [0.2, 0.25) is 0 Å². The van der Waals surface area contributed by atoms with Crippen LogP contribution in [0.4, 0.5) is 0 Å². The minimum Gasteiger partial charge on any atom is -0.360 e. The second-order valence-corrected chi connectivity index (χ2v) is 5.75. The van der Waals surface area contributed by atoms with Crippen LogP contribution in [-0.4, -0.2) is 21.6 Å². The molecule has 0 bridgehead atoms. The van der Waals surface area contributed by atoms with Gasteiger partial charge in [-0.2, -0.15) is 5.10 Å². The van der Waals surface area contributed by atoms with Crippen molar-refractivity contribution in [2.45, 2.75) is 0 Å². The number of rotatable bonds is 4. The van der Waals surface area contributed by atoms with Gasteiger partial charge in [-0.05, 0) is 18.2 Å². The number of carbonyl (C=O) groups excluding carboxylic acids is 1. The van der Waals surface area contributed by atoms with E-state index in [-0.39, 0.29) is 5.91 Å². The minimum atomic E-state index is -0.259. The number of amides is 1. The molecule has 0 unspecified atom stereocenters. The maximum Gasteiger partial charge on any atom is 0.273 e. The molecule has 0 atom stereocenters. The Morgan fingerprint density at radius 3 is 2.38 bits per heavy atom. The molecule has 0 radical (unpaired) electrons. The number of benzene rings is 2. The largest absolute Gasteiger partial charge is 0.360 e. The van der Waals surface area contributed by atoms with Gasteiger partial charge in [-0.15, -0.1) is 0 Å². The molecule has 2 heterocycles. The maximum absolute atomic E-state index is 12.6. The third-order valence-corrected chi connectivity index (χ3v) is 4.10. The summed E-state index contributed by atoms with van der Waals surface area (Å²) in [6, 6.07) is 21.1. The first-order valence-electron chi connectivity index (χ1n) is 8.23. The highest BCUT2D eigenvalue weighted by atomic mass is 16.2. The lowest BCUT2D eigenvalue weighted by Crippen LogP contribution is -2.20. The van der Waals surface area contributed by atoms with Gasteiger partial charge in [0, 0.05) is 40.6 Å². The van der Waals surface area contributed by atoms with Crippen LogP contribution in [0.2, 0.25) is 0 Å². The first-order valence-corrected chi connectivity index (χ1v) is 8.23. The van der Waals surface area contributed by atoms with Crippen molar-refractivity contribution >= 4 is 22.5 Å². The second kappa shape index (κ2) is 7.03. The van der Waals surface area contributed by atoms with Gasteiger partial charge in [0.25, 0.3) is 5.91 Å². The van der Waals surface area contributed by atoms with E-state index in [0.29, 0.717) is 11.3 Å². The molecule has 0 aliphatic heterocycles. The summed E-state index contributed by atoms with van der Waals surface area (Å²) in [6.45, 7) is 0. The zero-order valence-corrected chi connectivity index (χ0v) is 13.9. The fourth-order valence-corrected chi connectivity index (χ4v) is 2.83. The van der Waals surface area contributed by atoms with Crippen LogP contribution in [0.1, 0.15) is 21.5 Å². The Morgan fingerprint density at radius 2 is 1.58 bits per heavy atom. The Labute approximate surface area is 150 Å². The van der Waals surface area contributed by atoms with E-state index in [4.69, 9.17) is 0 Å². The number of hydrazone groups is 1. The lowest BCUT2D eigenvalue weighted by molar-refractivity contribution is 0.0956. The maximum atomic E-state index is 12.6. The van der Waals surface area contributed by atoms with Crippen LogP contribution in [0.3, 0.4) is 0 Å². The molecule has 2 aromatic heterocycles. The number of fused-ring (bicyclic) bond motifs is 1. The molecule has 126 valence electrons. The van der Waals surface area contributed by atoms with Crippen molar-refractivity contribution in [2.75, 3.05) is 0 Å². The number of pyridine rings is 1. The van der Waals surface area contributed by atoms with E-state index in [1.165, 1.54) is 0 Å². The first-order chi connectivity index (χ1) is 12.8. The molecule has 0 aliphatic carbocycles. The molecular weight excluding hydrogens is 324 g/mol. The predicted octanol–water partition coefficient (Wildman–Crippen LogP) is 3.75. The number of aromatic nitrogens is 2. The van der Waals surface area contributed by atoms with Crippen molar-refractivity contribution in [3.63, 3.8) is 0 Å². The Kier molecular flexibility index (Phi) is 4.26. The number of nitrogens with one attached hydrogen (secondary N) is 2. The summed E-state index contributed by atoms with van der Waals surface area (Å²) >= 11 is 0. The molecule has 4 aromatic rings. The Hall–Kier alpha value is -3.73. The standard InChI is InChI=1S/C21H16N4O/c26-21(18-14-23-19-9-5-4-8-17(18)19)25-24-20(15-6-2-1-3-7-15)16-10-12-22-13-11-16/h1-14,23H,(H,25,26)/b24-20+. The molecule has 0 spiro atoms. The molecule has 26 heavy (non-hydrogen) atoms. The molecule has 5 heteroatoms. The zero-order chi connectivity index (χ0) is 17.8. The molecule has 0 fully saturated rings. The molecule has 4 rings (SSSR count). The molecule has 5 nitrogen and oxygen atoms in total. The third kappa shape index (κ3) is 3.10. The summed E-state index contributed by atoms with van der Waals surface area (Å²) in [5.41, 5.74) is 6.64. The van der Waals surface area contributed by atoms with Gasteiger partial charge in [0.15, 0.2) is 0 Å². The van der Waals surface area contributed by atoms with Crippen molar-refractivity contribution in [2.24, 2.45) is 5.10 Å². The molecule has 2 aromatic carbocycles. The first kappa shape index (κ1) is 15.8. The summed E-state index contributed by atoms with van der Waals surface area (Å²) in [6.07, 6.45) is 5.11. The Morgan fingerprint density at radius 1 is 0.885 bits per heavy atom. The van der Waals surface area contributed by atoms with Crippen LogP contribution in [0.5, 0.6) is 0 Å². The Balaban J connectivity index is 1.68. The average molecular weight is 340 g/mol. The highest BCUT2D eigenvalue weighted by molar-refractivity contribution is 6.14. The van der Waals surface area contributed by atoms with E-state index >= 15 is 0 Å². The van der Waals surface area contributed by atoms with Crippen LogP contribution < -0.4 is 5.43 Å². The summed E-state index contributed by atoms with van der Waals surface area (Å²) in [4.78, 5) is 19.8. The zero-order valence-electron chi connectivity index (χ0n) is 13.9. The van der Waals surface area contributed by atoms with Crippen molar-refractivity contribution in [3.8, 4) is 0 Å². The fraction of sp³-hybridized carbons (Fsp3) is 0. The second-order valence-electron chi connectivity index (χ2n) is 5.75. The highest BCUT2D eigenvalue weighted by Gasteiger charge is 2.12. The van der Waals surface area contributed by atoms with Gasteiger partial charge >= 0.3 is 0 Å². The van der Waals surface area contributed by atoms with Gasteiger partial charge in [-0.25, -0.2) is 5.43 Å². The van der Waals surface area contributed by atoms with Crippen LogP contribution in [0.15, 0.2) is 90.4 Å². The number of hydrogen-bond donors (Lipinski definition) is 2. The van der Waals surface area contributed by atoms with Crippen LogP contribution in [0.25, 0.3) is 10.9 Å². The van der Waals surface area contributed by atoms with Crippen LogP contribution in [-0.2, 0) is 0 Å². The summed E-state index contributed by atoms with van der Waals surface area (Å²) in [5, 5.41) is 5.27. The number of hydrogen-bond acceptors (Lipinski definition) is 3. The van der Waals surface area contributed by atoms with E-state index in [1.54, 1.807) is 18.6 Å². The van der Waals surface area contributed by atoms with Crippen molar-refractivity contribution in [1.82, 2.24) is 15.4 Å². The van der Waals surface area contributed by atoms with E-state index in [0.717, 1.165) is 22.0 Å². The lowest BCUT2D eigenvalue weighted by Gasteiger charge is -2.07. The molecule has 0 saturated heterocycles. The third-order valence-electron chi connectivity index (χ3n) is 4.10. The minimum absolute atomic E-state index is 0.259. The monoisotopic (exact) mass is 340 g/mol. The van der Waals surface area contributed by atoms with Gasteiger partial charge in [-0.1, -0.05) is 48.5 Å². The smallest absolute Gasteiger partial charge is 0.273 e. The molecule has 0 aliphatic rings. The van der Waals surface area contributed by atoms with Gasteiger partial charge in [0.05, 0.1) is 11.3 Å². The average Bonchev–Trinajstić information content (AvgIpc) is 3.14. The normalized spacial score (nSPS) is 11.5. The van der Waals surface area contributed by atoms with E-state index < -0.39 is 0 Å². The predicted molar refractivity (Wildman–Crippen MR) is 102 cm³/mol. The molecule has 2 N–H and O–H groups in total. The Bertz CT molecular complexity index is 1030. The molecule has 0 saturated carbocycles. The lowest BCUT2D eigenvalue weighted by atomic mass is 10.0. The summed E-state index contributed by atoms with van der Waals surface area (Å²) in [5.74, 6) is -0.259. The van der Waals surface area contributed by atoms with E-state index in [1.807, 2.05) is 66.7 Å². The number of H-pyrrole nitrogens is 1. The van der Waals surface area contributed by atoms with Crippen molar-refractivity contribution in [3.05, 3.63) is 102 Å². The van der Waals surface area contributed by atoms with Gasteiger partial charge < -0.3 is 4.98 Å². The van der Waals surface area contributed by atoms with Gasteiger partial charge in [-0.3, -0.25) is 9.78 Å². The molecular formula is C21H16N4O. The summed E-state index contributed by atoms with van der Waals surface area (Å²) in [7, 11) is 0. The molecule has 1 amide bonds. The quantitative estimate of drug-likeness (QED) is 0.439. The van der Waals surface area contributed by atoms with E-state index in [9.17, 15) is 4.79 Å². The van der Waals surface area contributed by atoms with Crippen molar-refractivity contribution in [1.29, 1.82) is 0 Å². The number of nitrogens with zero attached hydrogens (tertiary/aromatic N) is 2. The highest BCUT2D eigenvalue weighted by Crippen LogP contribution is 2.17. The number of aromatic amines is 1. The van der Waals surface area contributed by atoms with E-state index in [2.05, 4.69) is 20.5 Å². The number of carbonyl (C=O) groups is 1. The van der Waals surface area contributed by atoms with Gasteiger partial charge in [0.1, 0.15) is 0 Å². The topological polar surface area (TPSA) is 70.1 Å². The summed E-state index contributed by atoms with van der Waals surface area (Å²) < 4.78 is 0. The number of para-hydroxylation sites is 1. The van der Waals surface area contributed by atoms with Crippen LogP contribution in [0, 0.1) is 0 Å². The van der Waals surface area contributed by atoms with Crippen molar-refractivity contribution < 1.29 is 4.79 Å².